The summed E-state index contributed by atoms with van der Waals surface area (Å²) in [7, 11) is 0. The maximum atomic E-state index is 10.9. The molecule has 1 fully saturated rings. The van der Waals surface area contributed by atoms with Gasteiger partial charge in [0, 0.05) is 6.08 Å². The van der Waals surface area contributed by atoms with Gasteiger partial charge in [-0.15, -0.1) is 0 Å². The van der Waals surface area contributed by atoms with Gasteiger partial charge in [-0.05, 0) is 33.1 Å². The van der Waals surface area contributed by atoms with Crippen LogP contribution >= 0.6 is 0 Å². The van der Waals surface area contributed by atoms with Gasteiger partial charge in [0.05, 0.1) is 0 Å². The minimum absolute atomic E-state index is 0.156. The van der Waals surface area contributed by atoms with Crippen LogP contribution in [0.1, 0.15) is 33.1 Å². The average molecular weight is 154 g/mol. The number of rotatable bonds is 2. The second kappa shape index (κ2) is 3.07. The molecule has 0 unspecified atom stereocenters. The van der Waals surface area contributed by atoms with Gasteiger partial charge >= 0.3 is 5.97 Å². The lowest BCUT2D eigenvalue weighted by molar-refractivity contribution is -0.160. The predicted molar refractivity (Wildman–Crippen MR) is 43.2 cm³/mol. The van der Waals surface area contributed by atoms with Gasteiger partial charge in [0.25, 0.3) is 0 Å². The molecule has 0 aromatic carbocycles. The monoisotopic (exact) mass is 154 g/mol. The van der Waals surface area contributed by atoms with Crippen LogP contribution in [-0.4, -0.2) is 11.6 Å². The molecule has 0 bridgehead atoms. The molecular weight excluding hydrogens is 140 g/mol. The number of esters is 1. The zero-order valence-corrected chi connectivity index (χ0v) is 7.09. The Bertz CT molecular complexity index is 178. The highest BCUT2D eigenvalue weighted by Crippen LogP contribution is 2.34. The summed E-state index contributed by atoms with van der Waals surface area (Å²) in [4.78, 5) is 10.9. The van der Waals surface area contributed by atoms with E-state index in [0.717, 1.165) is 12.8 Å². The third-order valence-corrected chi connectivity index (χ3v) is 2.06. The summed E-state index contributed by atoms with van der Waals surface area (Å²) in [6.45, 7) is 3.79. The number of ether oxygens (including phenoxy) is 1. The summed E-state index contributed by atoms with van der Waals surface area (Å²) in [5, 5.41) is 0. The van der Waals surface area contributed by atoms with Crippen molar-refractivity contribution in [2.24, 2.45) is 0 Å². The van der Waals surface area contributed by atoms with E-state index in [1.54, 1.807) is 6.08 Å². The standard InChI is InChI=1S/C9H14O2/c1-3-5-8(10)11-9(2)6-4-7-9/h3,5H,4,6-7H2,1-2H3/b5-3+. The van der Waals surface area contributed by atoms with Crippen molar-refractivity contribution < 1.29 is 9.53 Å². The van der Waals surface area contributed by atoms with Crippen molar-refractivity contribution in [1.29, 1.82) is 0 Å². The van der Waals surface area contributed by atoms with E-state index in [1.807, 2.05) is 13.8 Å². The Kier molecular flexibility index (Phi) is 2.32. The number of carbonyl (C=O) groups is 1. The molecule has 62 valence electrons. The molecule has 0 spiro atoms. The van der Waals surface area contributed by atoms with Crippen LogP contribution in [0.25, 0.3) is 0 Å². The molecule has 1 saturated carbocycles. The summed E-state index contributed by atoms with van der Waals surface area (Å²) >= 11 is 0. The van der Waals surface area contributed by atoms with Crippen LogP contribution in [0.4, 0.5) is 0 Å². The Morgan fingerprint density at radius 2 is 2.18 bits per heavy atom. The SMILES string of the molecule is C/C=C/C(=O)OC1(C)CCC1. The number of allylic oxidation sites excluding steroid dienone is 1. The highest BCUT2D eigenvalue weighted by Gasteiger charge is 2.34. The summed E-state index contributed by atoms with van der Waals surface area (Å²) in [5.74, 6) is -0.213. The fourth-order valence-electron chi connectivity index (χ4n) is 1.19. The average Bonchev–Trinajstić information content (AvgIpc) is 1.85. The fourth-order valence-corrected chi connectivity index (χ4v) is 1.19. The Morgan fingerprint density at radius 3 is 2.55 bits per heavy atom. The lowest BCUT2D eigenvalue weighted by atomic mass is 9.82. The van der Waals surface area contributed by atoms with Crippen molar-refractivity contribution >= 4 is 5.97 Å². The van der Waals surface area contributed by atoms with Crippen molar-refractivity contribution in [2.75, 3.05) is 0 Å². The molecule has 0 aromatic heterocycles. The van der Waals surface area contributed by atoms with Crippen molar-refractivity contribution in [3.8, 4) is 0 Å². The third-order valence-electron chi connectivity index (χ3n) is 2.06. The van der Waals surface area contributed by atoms with Crippen LogP contribution in [-0.2, 0) is 9.53 Å². The molecule has 1 aliphatic rings. The van der Waals surface area contributed by atoms with Gasteiger partial charge in [-0.25, -0.2) is 4.79 Å². The molecule has 0 amide bonds. The molecule has 0 heterocycles. The van der Waals surface area contributed by atoms with Crippen LogP contribution in [0.2, 0.25) is 0 Å². The number of hydrogen-bond donors (Lipinski definition) is 0. The van der Waals surface area contributed by atoms with Gasteiger partial charge < -0.3 is 4.74 Å². The highest BCUT2D eigenvalue weighted by molar-refractivity contribution is 5.82. The number of hydrogen-bond acceptors (Lipinski definition) is 2. The summed E-state index contributed by atoms with van der Waals surface area (Å²) in [6.07, 6.45) is 6.36. The van der Waals surface area contributed by atoms with E-state index >= 15 is 0 Å². The summed E-state index contributed by atoms with van der Waals surface area (Å²) in [6, 6.07) is 0. The van der Waals surface area contributed by atoms with Gasteiger partial charge in [-0.3, -0.25) is 0 Å². The highest BCUT2D eigenvalue weighted by atomic mass is 16.6. The molecule has 0 atom stereocenters. The second-order valence-corrected chi connectivity index (χ2v) is 3.22. The van der Waals surface area contributed by atoms with Crippen LogP contribution in [0.5, 0.6) is 0 Å². The van der Waals surface area contributed by atoms with E-state index < -0.39 is 0 Å². The van der Waals surface area contributed by atoms with Crippen molar-refractivity contribution in [3.05, 3.63) is 12.2 Å². The maximum absolute atomic E-state index is 10.9. The first-order valence-electron chi connectivity index (χ1n) is 4.02. The number of carbonyl (C=O) groups excluding carboxylic acids is 1. The molecule has 2 heteroatoms. The van der Waals surface area contributed by atoms with Crippen LogP contribution < -0.4 is 0 Å². The first-order valence-corrected chi connectivity index (χ1v) is 4.02. The Labute approximate surface area is 67.2 Å². The van der Waals surface area contributed by atoms with E-state index in [2.05, 4.69) is 0 Å². The van der Waals surface area contributed by atoms with Crippen molar-refractivity contribution in [1.82, 2.24) is 0 Å². The normalized spacial score (nSPS) is 21.3. The van der Waals surface area contributed by atoms with E-state index in [4.69, 9.17) is 4.74 Å². The van der Waals surface area contributed by atoms with Crippen LogP contribution in [0.3, 0.4) is 0 Å². The maximum Gasteiger partial charge on any atom is 0.330 e. The van der Waals surface area contributed by atoms with Crippen molar-refractivity contribution in [3.63, 3.8) is 0 Å². The molecule has 1 rings (SSSR count). The molecule has 0 N–H and O–H groups in total. The van der Waals surface area contributed by atoms with Crippen LogP contribution in [0.15, 0.2) is 12.2 Å². The van der Waals surface area contributed by atoms with E-state index in [9.17, 15) is 4.79 Å². The molecular formula is C9H14O2. The quantitative estimate of drug-likeness (QED) is 0.449. The molecule has 1 aliphatic carbocycles. The first-order chi connectivity index (χ1) is 5.16. The minimum Gasteiger partial charge on any atom is -0.456 e. The fraction of sp³-hybridized carbons (Fsp3) is 0.667. The molecule has 0 aliphatic heterocycles. The van der Waals surface area contributed by atoms with Crippen molar-refractivity contribution in [2.45, 2.75) is 38.7 Å². The second-order valence-electron chi connectivity index (χ2n) is 3.22. The van der Waals surface area contributed by atoms with E-state index in [1.165, 1.54) is 12.5 Å². The van der Waals surface area contributed by atoms with Gasteiger partial charge in [0.1, 0.15) is 5.60 Å². The zero-order valence-electron chi connectivity index (χ0n) is 7.09. The van der Waals surface area contributed by atoms with Gasteiger partial charge in [-0.2, -0.15) is 0 Å². The lowest BCUT2D eigenvalue weighted by Gasteiger charge is -2.37. The summed E-state index contributed by atoms with van der Waals surface area (Å²) in [5.41, 5.74) is -0.156. The summed E-state index contributed by atoms with van der Waals surface area (Å²) < 4.78 is 5.19. The Balaban J connectivity index is 2.35. The third kappa shape index (κ3) is 2.07. The molecule has 0 radical (unpaired) electrons. The topological polar surface area (TPSA) is 26.3 Å². The molecule has 0 saturated heterocycles. The lowest BCUT2D eigenvalue weighted by Crippen LogP contribution is -2.38. The Morgan fingerprint density at radius 1 is 1.55 bits per heavy atom. The predicted octanol–water partition coefficient (Wildman–Crippen LogP) is 2.05. The van der Waals surface area contributed by atoms with Crippen LogP contribution in [0, 0.1) is 0 Å². The van der Waals surface area contributed by atoms with Gasteiger partial charge in [0.15, 0.2) is 0 Å². The molecule has 0 aromatic rings. The minimum atomic E-state index is -0.213. The van der Waals surface area contributed by atoms with E-state index in [-0.39, 0.29) is 11.6 Å². The largest absolute Gasteiger partial charge is 0.456 e. The smallest absolute Gasteiger partial charge is 0.330 e. The van der Waals surface area contributed by atoms with Gasteiger partial charge in [-0.1, -0.05) is 6.08 Å². The van der Waals surface area contributed by atoms with E-state index in [0.29, 0.717) is 0 Å². The van der Waals surface area contributed by atoms with Gasteiger partial charge in [0.2, 0.25) is 0 Å². The first kappa shape index (κ1) is 8.31. The molecule has 2 nitrogen and oxygen atoms in total. The Hall–Kier alpha value is -0.790. The molecule has 11 heavy (non-hydrogen) atoms. The zero-order chi connectivity index (χ0) is 8.32.